The van der Waals surface area contributed by atoms with Gasteiger partial charge in [0.1, 0.15) is 0 Å². The molecule has 0 bridgehead atoms. The fourth-order valence-electron chi connectivity index (χ4n) is 3.84. The zero-order valence-electron chi connectivity index (χ0n) is 14.4. The summed E-state index contributed by atoms with van der Waals surface area (Å²) in [6.07, 6.45) is 5.02. The van der Waals surface area contributed by atoms with E-state index in [-0.39, 0.29) is 29.3 Å². The number of anilines is 1. The van der Waals surface area contributed by atoms with E-state index < -0.39 is 10.0 Å². The first-order valence-electron chi connectivity index (χ1n) is 8.56. The van der Waals surface area contributed by atoms with Gasteiger partial charge >= 0.3 is 0 Å². The molecule has 140 valence electrons. The molecule has 8 heteroatoms. The number of amides is 1. The van der Waals surface area contributed by atoms with Gasteiger partial charge in [0, 0.05) is 31.7 Å². The lowest BCUT2D eigenvalue weighted by Crippen LogP contribution is -2.44. The van der Waals surface area contributed by atoms with E-state index in [1.54, 1.807) is 23.1 Å². The Labute approximate surface area is 155 Å². The Morgan fingerprint density at radius 2 is 2.04 bits per heavy atom. The van der Waals surface area contributed by atoms with Gasteiger partial charge in [-0.25, -0.2) is 13.1 Å². The van der Waals surface area contributed by atoms with Crippen LogP contribution in [0.25, 0.3) is 0 Å². The van der Waals surface area contributed by atoms with E-state index in [1.807, 2.05) is 0 Å². The number of nitrogens with two attached hydrogens (primary N) is 1. The number of halogens is 1. The van der Waals surface area contributed by atoms with Gasteiger partial charge in [0.05, 0.1) is 4.90 Å². The number of benzene rings is 1. The molecule has 3 N–H and O–H groups in total. The van der Waals surface area contributed by atoms with Gasteiger partial charge in [0.2, 0.25) is 15.9 Å². The van der Waals surface area contributed by atoms with Crippen LogP contribution in [0.2, 0.25) is 0 Å². The molecule has 0 saturated heterocycles. The summed E-state index contributed by atoms with van der Waals surface area (Å²) in [5.41, 5.74) is 7.52. The largest absolute Gasteiger partial charge is 0.329 e. The van der Waals surface area contributed by atoms with Gasteiger partial charge in [0.25, 0.3) is 0 Å². The fraction of sp³-hybridized carbons (Fsp3) is 0.588. The second kappa shape index (κ2) is 8.03. The highest BCUT2D eigenvalue weighted by Crippen LogP contribution is 2.31. The molecule has 0 aromatic heterocycles. The van der Waals surface area contributed by atoms with Crippen molar-refractivity contribution in [2.75, 3.05) is 18.0 Å². The first-order valence-corrected chi connectivity index (χ1v) is 10.0. The molecule has 1 heterocycles. The van der Waals surface area contributed by atoms with Crippen molar-refractivity contribution in [1.29, 1.82) is 0 Å². The van der Waals surface area contributed by atoms with Gasteiger partial charge < -0.3 is 10.6 Å². The zero-order chi connectivity index (χ0) is 17.3. The summed E-state index contributed by atoms with van der Waals surface area (Å²) in [5.74, 6) is 0.305. The number of carbonyl (C=O) groups excluding carboxylic acids is 1. The van der Waals surface area contributed by atoms with E-state index in [0.717, 1.165) is 36.9 Å². The molecule has 25 heavy (non-hydrogen) atoms. The van der Waals surface area contributed by atoms with Crippen LogP contribution in [-0.2, 0) is 21.2 Å². The third kappa shape index (κ3) is 4.16. The molecule has 1 unspecified atom stereocenters. The molecule has 6 nitrogen and oxygen atoms in total. The summed E-state index contributed by atoms with van der Waals surface area (Å²) < 4.78 is 28.2. The Kier molecular flexibility index (Phi) is 6.48. The van der Waals surface area contributed by atoms with E-state index in [9.17, 15) is 13.2 Å². The van der Waals surface area contributed by atoms with Crippen LogP contribution < -0.4 is 15.4 Å². The van der Waals surface area contributed by atoms with Gasteiger partial charge in [-0.05, 0) is 48.9 Å². The van der Waals surface area contributed by atoms with Crippen molar-refractivity contribution in [1.82, 2.24) is 4.72 Å². The monoisotopic (exact) mass is 387 g/mol. The number of nitrogens with one attached hydrogen (secondary N) is 1. The summed E-state index contributed by atoms with van der Waals surface area (Å²) in [4.78, 5) is 13.5. The van der Waals surface area contributed by atoms with E-state index in [1.165, 1.54) is 6.92 Å². The Bertz CT molecular complexity index is 733. The number of sulfonamides is 1. The van der Waals surface area contributed by atoms with Gasteiger partial charge in [-0.1, -0.05) is 12.8 Å². The number of carbonyl (C=O) groups is 1. The van der Waals surface area contributed by atoms with Crippen LogP contribution in [0.3, 0.4) is 0 Å². The van der Waals surface area contributed by atoms with Gasteiger partial charge in [0.15, 0.2) is 0 Å². The highest BCUT2D eigenvalue weighted by Gasteiger charge is 2.30. The zero-order valence-corrected chi connectivity index (χ0v) is 16.0. The summed E-state index contributed by atoms with van der Waals surface area (Å²) in [7, 11) is -3.60. The first kappa shape index (κ1) is 20.2. The maximum absolute atomic E-state index is 12.7. The van der Waals surface area contributed by atoms with E-state index in [4.69, 9.17) is 5.73 Å². The minimum atomic E-state index is -3.60. The molecule has 1 fully saturated rings. The average Bonchev–Trinajstić information content (AvgIpc) is 3.21. The second-order valence-electron chi connectivity index (χ2n) is 6.72. The van der Waals surface area contributed by atoms with Crippen LogP contribution in [0.5, 0.6) is 0 Å². The Balaban J connectivity index is 0.00000225. The van der Waals surface area contributed by atoms with E-state index in [2.05, 4.69) is 4.72 Å². The molecular formula is C17H26ClN3O3S. The smallest absolute Gasteiger partial charge is 0.240 e. The molecule has 1 aliphatic heterocycles. The fourth-order valence-corrected chi connectivity index (χ4v) is 5.20. The molecule has 2 aliphatic rings. The number of hydrogen-bond donors (Lipinski definition) is 2. The van der Waals surface area contributed by atoms with Crippen LogP contribution in [0, 0.1) is 5.92 Å². The standard InChI is InChI=1S/C17H25N3O3S.ClH/c1-12(21)20-9-8-14-10-15(6-7-17(14)20)24(22,23)19-16(11-18)13-4-2-3-5-13;/h6-7,10,13,16,19H,2-5,8-9,11,18H2,1H3;1H. The van der Waals surface area contributed by atoms with Crippen molar-refractivity contribution in [3.8, 4) is 0 Å². The molecule has 0 spiro atoms. The number of nitrogens with zero attached hydrogens (tertiary/aromatic N) is 1. The molecule has 0 radical (unpaired) electrons. The first-order chi connectivity index (χ1) is 11.4. The SMILES string of the molecule is CC(=O)N1CCc2cc(S(=O)(=O)NC(CN)C3CCCC3)ccc21.Cl. The molecule has 3 rings (SSSR count). The third-order valence-electron chi connectivity index (χ3n) is 5.17. The van der Waals surface area contributed by atoms with Crippen LogP contribution in [-0.4, -0.2) is 33.5 Å². The van der Waals surface area contributed by atoms with Crippen LogP contribution in [0.15, 0.2) is 23.1 Å². The van der Waals surface area contributed by atoms with Crippen LogP contribution in [0.1, 0.15) is 38.2 Å². The quantitative estimate of drug-likeness (QED) is 0.805. The molecule has 1 saturated carbocycles. The molecular weight excluding hydrogens is 362 g/mol. The highest BCUT2D eigenvalue weighted by atomic mass is 35.5. The molecule has 1 aliphatic carbocycles. The summed E-state index contributed by atoms with van der Waals surface area (Å²) in [5, 5.41) is 0. The molecule has 1 aromatic carbocycles. The van der Waals surface area contributed by atoms with Crippen molar-refractivity contribution < 1.29 is 13.2 Å². The summed E-state index contributed by atoms with van der Waals surface area (Å²) in [6.45, 7) is 2.44. The van der Waals surface area contributed by atoms with Crippen LogP contribution >= 0.6 is 12.4 Å². The third-order valence-corrected chi connectivity index (χ3v) is 6.65. The lowest BCUT2D eigenvalue weighted by molar-refractivity contribution is -0.116. The average molecular weight is 388 g/mol. The van der Waals surface area contributed by atoms with Crippen LogP contribution in [0.4, 0.5) is 5.69 Å². The second-order valence-corrected chi connectivity index (χ2v) is 8.43. The maximum Gasteiger partial charge on any atom is 0.240 e. The van der Waals surface area contributed by atoms with Crippen molar-refractivity contribution >= 4 is 34.0 Å². The Hall–Kier alpha value is -1.15. The summed E-state index contributed by atoms with van der Waals surface area (Å²) >= 11 is 0. The Morgan fingerprint density at radius 3 is 2.64 bits per heavy atom. The highest BCUT2D eigenvalue weighted by molar-refractivity contribution is 7.89. The van der Waals surface area contributed by atoms with E-state index >= 15 is 0 Å². The van der Waals surface area contributed by atoms with Gasteiger partial charge in [-0.2, -0.15) is 0 Å². The van der Waals surface area contributed by atoms with Crippen molar-refractivity contribution in [2.45, 2.75) is 50.0 Å². The van der Waals surface area contributed by atoms with Crippen molar-refractivity contribution in [3.05, 3.63) is 23.8 Å². The topological polar surface area (TPSA) is 92.5 Å². The molecule has 1 aromatic rings. The minimum absolute atomic E-state index is 0. The maximum atomic E-state index is 12.7. The number of fused-ring (bicyclic) bond motifs is 1. The number of rotatable bonds is 5. The predicted octanol–water partition coefficient (Wildman–Crippen LogP) is 1.81. The molecule has 1 amide bonds. The Morgan fingerprint density at radius 1 is 1.36 bits per heavy atom. The molecule has 1 atom stereocenters. The van der Waals surface area contributed by atoms with Crippen molar-refractivity contribution in [3.63, 3.8) is 0 Å². The van der Waals surface area contributed by atoms with Crippen molar-refractivity contribution in [2.24, 2.45) is 11.7 Å². The normalized spacial score (nSPS) is 18.7. The summed E-state index contributed by atoms with van der Waals surface area (Å²) in [6, 6.07) is 4.78. The van der Waals surface area contributed by atoms with Gasteiger partial charge in [-0.3, -0.25) is 4.79 Å². The lowest BCUT2D eigenvalue weighted by Gasteiger charge is -2.23. The minimum Gasteiger partial charge on any atom is -0.329 e. The van der Waals surface area contributed by atoms with E-state index in [0.29, 0.717) is 25.4 Å². The number of hydrogen-bond acceptors (Lipinski definition) is 4. The van der Waals surface area contributed by atoms with Gasteiger partial charge in [-0.15, -0.1) is 12.4 Å². The predicted molar refractivity (Wildman–Crippen MR) is 101 cm³/mol. The lowest BCUT2D eigenvalue weighted by atomic mass is 9.99.